The third kappa shape index (κ3) is 3.93. The highest BCUT2D eigenvalue weighted by Crippen LogP contribution is 2.39. The van der Waals surface area contributed by atoms with E-state index in [0.717, 1.165) is 5.56 Å². The Bertz CT molecular complexity index is 764. The van der Waals surface area contributed by atoms with Crippen molar-refractivity contribution in [2.75, 3.05) is 25.2 Å². The highest BCUT2D eigenvalue weighted by Gasteiger charge is 2.48. The Hall–Kier alpha value is -1.09. The van der Waals surface area contributed by atoms with Crippen LogP contribution in [0, 0.1) is 0 Å². The maximum atomic E-state index is 11.9. The van der Waals surface area contributed by atoms with Gasteiger partial charge < -0.3 is 9.64 Å². The summed E-state index contributed by atoms with van der Waals surface area (Å²) in [5, 5.41) is 1.12. The fraction of sp³-hybridized carbons (Fsp3) is 0.467. The highest BCUT2D eigenvalue weighted by atomic mass is 35.5. The van der Waals surface area contributed by atoms with E-state index >= 15 is 0 Å². The summed E-state index contributed by atoms with van der Waals surface area (Å²) in [4.78, 5) is 17.8. The third-order valence-corrected chi connectivity index (χ3v) is 7.43. The molecule has 0 saturated carbocycles. The number of amidine groups is 1. The van der Waals surface area contributed by atoms with Crippen LogP contribution in [-0.4, -0.2) is 60.9 Å². The number of aliphatic imine (C=N–C) groups is 1. The smallest absolute Gasteiger partial charge is 0.274 e. The molecular formula is C15H17ClN2O4S2. The Labute approximate surface area is 150 Å². The molecule has 2 saturated heterocycles. The van der Waals surface area contributed by atoms with Crippen LogP contribution < -0.4 is 0 Å². The topological polar surface area (TPSA) is 76.0 Å². The minimum atomic E-state index is -3.05. The van der Waals surface area contributed by atoms with Gasteiger partial charge in [0.25, 0.3) is 5.91 Å². The van der Waals surface area contributed by atoms with Crippen LogP contribution in [0.25, 0.3) is 0 Å². The first kappa shape index (κ1) is 17.7. The number of hydrogen-bond acceptors (Lipinski definition) is 5. The Balaban J connectivity index is 1.86. The van der Waals surface area contributed by atoms with Crippen LogP contribution in [0.4, 0.5) is 0 Å². The Morgan fingerprint density at radius 1 is 1.38 bits per heavy atom. The second kappa shape index (κ2) is 7.03. The summed E-state index contributed by atoms with van der Waals surface area (Å²) in [6.45, 7) is 0.395. The van der Waals surface area contributed by atoms with E-state index in [-0.39, 0.29) is 35.3 Å². The SMILES string of the molecule is COCC(=O)N=C1SC2CS(=O)(=O)CC2N1Cc1ccc(Cl)cc1. The van der Waals surface area contributed by atoms with Gasteiger partial charge in [-0.2, -0.15) is 4.99 Å². The monoisotopic (exact) mass is 388 g/mol. The molecule has 2 aliphatic heterocycles. The van der Waals surface area contributed by atoms with Crippen molar-refractivity contribution in [1.29, 1.82) is 0 Å². The lowest BCUT2D eigenvalue weighted by Gasteiger charge is -2.24. The molecular weight excluding hydrogens is 372 g/mol. The fourth-order valence-corrected chi connectivity index (χ4v) is 6.96. The minimum Gasteiger partial charge on any atom is -0.375 e. The number of carbonyl (C=O) groups excluding carboxylic acids is 1. The number of sulfone groups is 1. The number of benzene rings is 1. The van der Waals surface area contributed by atoms with Crippen molar-refractivity contribution < 1.29 is 17.9 Å². The number of nitrogens with zero attached hydrogens (tertiary/aromatic N) is 2. The first-order valence-corrected chi connectivity index (χ1v) is 10.4. The van der Waals surface area contributed by atoms with Gasteiger partial charge in [0.15, 0.2) is 15.0 Å². The van der Waals surface area contributed by atoms with Gasteiger partial charge in [-0.15, -0.1) is 0 Å². The maximum absolute atomic E-state index is 11.9. The van der Waals surface area contributed by atoms with E-state index in [1.54, 1.807) is 12.1 Å². The van der Waals surface area contributed by atoms with E-state index in [2.05, 4.69) is 4.99 Å². The quantitative estimate of drug-likeness (QED) is 0.779. The molecule has 6 nitrogen and oxygen atoms in total. The Morgan fingerprint density at radius 3 is 2.75 bits per heavy atom. The predicted molar refractivity (Wildman–Crippen MR) is 95.1 cm³/mol. The normalized spacial score (nSPS) is 26.8. The largest absolute Gasteiger partial charge is 0.375 e. The fourth-order valence-electron chi connectivity index (χ4n) is 2.87. The predicted octanol–water partition coefficient (Wildman–Crippen LogP) is 1.58. The van der Waals surface area contributed by atoms with Gasteiger partial charge in [0.1, 0.15) is 6.61 Å². The van der Waals surface area contributed by atoms with Crippen molar-refractivity contribution >= 4 is 44.3 Å². The van der Waals surface area contributed by atoms with Gasteiger partial charge in [-0.3, -0.25) is 4.79 Å². The number of rotatable bonds is 4. The standard InChI is InChI=1S/C15H17ClN2O4S2/c1-22-7-14(19)17-15-18(6-10-2-4-11(16)5-3-10)12-8-24(20,21)9-13(12)23-15/h2-5,12-13H,6-9H2,1H3. The van der Waals surface area contributed by atoms with E-state index in [1.807, 2.05) is 17.0 Å². The van der Waals surface area contributed by atoms with Crippen molar-refractivity contribution in [2.45, 2.75) is 17.8 Å². The molecule has 2 heterocycles. The molecule has 0 N–H and O–H groups in total. The maximum Gasteiger partial charge on any atom is 0.274 e. The minimum absolute atomic E-state index is 0.0867. The molecule has 2 unspecified atom stereocenters. The van der Waals surface area contributed by atoms with Gasteiger partial charge >= 0.3 is 0 Å². The van der Waals surface area contributed by atoms with Crippen LogP contribution in [0.1, 0.15) is 5.56 Å². The van der Waals surface area contributed by atoms with E-state index in [0.29, 0.717) is 16.7 Å². The molecule has 0 bridgehead atoms. The van der Waals surface area contributed by atoms with E-state index in [1.165, 1.54) is 18.9 Å². The molecule has 0 aliphatic carbocycles. The van der Waals surface area contributed by atoms with E-state index in [9.17, 15) is 13.2 Å². The summed E-state index contributed by atoms with van der Waals surface area (Å²) in [6.07, 6.45) is 0. The molecule has 130 valence electrons. The molecule has 1 aromatic rings. The average molecular weight is 389 g/mol. The van der Waals surface area contributed by atoms with Gasteiger partial charge in [-0.1, -0.05) is 35.5 Å². The van der Waals surface area contributed by atoms with Gasteiger partial charge in [-0.05, 0) is 17.7 Å². The number of amides is 1. The highest BCUT2D eigenvalue weighted by molar-refractivity contribution is 8.15. The van der Waals surface area contributed by atoms with E-state index in [4.69, 9.17) is 16.3 Å². The van der Waals surface area contributed by atoms with Crippen molar-refractivity contribution in [2.24, 2.45) is 4.99 Å². The average Bonchev–Trinajstić information content (AvgIpc) is 2.95. The molecule has 2 atom stereocenters. The van der Waals surface area contributed by atoms with Gasteiger partial charge in [0.2, 0.25) is 0 Å². The van der Waals surface area contributed by atoms with Crippen LogP contribution in [0.15, 0.2) is 29.3 Å². The number of thioether (sulfide) groups is 1. The van der Waals surface area contributed by atoms with Crippen LogP contribution in [0.3, 0.4) is 0 Å². The zero-order valence-corrected chi connectivity index (χ0v) is 15.4. The van der Waals surface area contributed by atoms with Crippen molar-refractivity contribution in [3.8, 4) is 0 Å². The lowest BCUT2D eigenvalue weighted by molar-refractivity contribution is -0.121. The Kier molecular flexibility index (Phi) is 5.19. The zero-order valence-electron chi connectivity index (χ0n) is 13.0. The summed E-state index contributed by atoms with van der Waals surface area (Å²) in [6, 6.07) is 7.19. The summed E-state index contributed by atoms with van der Waals surface area (Å²) in [5.41, 5.74) is 0.983. The number of ether oxygens (including phenoxy) is 1. The number of carbonyl (C=O) groups is 1. The van der Waals surface area contributed by atoms with Gasteiger partial charge in [0, 0.05) is 23.9 Å². The molecule has 1 aromatic carbocycles. The molecule has 24 heavy (non-hydrogen) atoms. The lowest BCUT2D eigenvalue weighted by Crippen LogP contribution is -2.37. The second-order valence-corrected chi connectivity index (χ2v) is 9.57. The number of halogens is 1. The molecule has 0 radical (unpaired) electrons. The van der Waals surface area contributed by atoms with E-state index < -0.39 is 9.84 Å². The molecule has 1 amide bonds. The number of methoxy groups -OCH3 is 1. The summed E-state index contributed by atoms with van der Waals surface area (Å²) >= 11 is 7.27. The van der Waals surface area contributed by atoms with Crippen LogP contribution in [0.2, 0.25) is 5.02 Å². The van der Waals surface area contributed by atoms with Crippen LogP contribution in [0.5, 0.6) is 0 Å². The molecule has 2 aliphatic rings. The molecule has 0 aromatic heterocycles. The van der Waals surface area contributed by atoms with Crippen molar-refractivity contribution in [1.82, 2.24) is 4.90 Å². The summed E-state index contributed by atoms with van der Waals surface area (Å²) < 4.78 is 28.7. The van der Waals surface area contributed by atoms with Gasteiger partial charge in [0.05, 0.1) is 17.5 Å². The molecule has 0 spiro atoms. The van der Waals surface area contributed by atoms with Gasteiger partial charge in [-0.25, -0.2) is 8.42 Å². The summed E-state index contributed by atoms with van der Waals surface area (Å²) in [7, 11) is -1.61. The number of fused-ring (bicyclic) bond motifs is 1. The second-order valence-electron chi connectivity index (χ2n) is 5.78. The van der Waals surface area contributed by atoms with Crippen LogP contribution >= 0.6 is 23.4 Å². The zero-order chi connectivity index (χ0) is 17.3. The summed E-state index contributed by atoms with van der Waals surface area (Å²) in [5.74, 6) is -0.156. The third-order valence-electron chi connectivity index (χ3n) is 3.93. The molecule has 2 fully saturated rings. The van der Waals surface area contributed by atoms with Crippen molar-refractivity contribution in [3.05, 3.63) is 34.9 Å². The Morgan fingerprint density at radius 2 is 2.08 bits per heavy atom. The lowest BCUT2D eigenvalue weighted by atomic mass is 10.1. The molecule has 9 heteroatoms. The first-order chi connectivity index (χ1) is 11.4. The first-order valence-electron chi connectivity index (χ1n) is 7.36. The van der Waals surface area contributed by atoms with Crippen LogP contribution in [-0.2, 0) is 25.9 Å². The van der Waals surface area contributed by atoms with Crippen molar-refractivity contribution in [3.63, 3.8) is 0 Å². The number of hydrogen-bond donors (Lipinski definition) is 0. The molecule has 3 rings (SSSR count).